The summed E-state index contributed by atoms with van der Waals surface area (Å²) < 4.78 is 0. The van der Waals surface area contributed by atoms with Gasteiger partial charge in [-0.15, -0.1) is 0 Å². The Bertz CT molecular complexity index is 344. The first-order chi connectivity index (χ1) is 8.18. The van der Waals surface area contributed by atoms with Crippen LogP contribution in [0.3, 0.4) is 0 Å². The van der Waals surface area contributed by atoms with Crippen LogP contribution in [0, 0.1) is 17.3 Å². The molecule has 2 aliphatic carbocycles. The van der Waals surface area contributed by atoms with E-state index in [9.17, 15) is 15.3 Å². The van der Waals surface area contributed by atoms with Crippen LogP contribution in [0.5, 0.6) is 0 Å². The van der Waals surface area contributed by atoms with Gasteiger partial charge < -0.3 is 15.3 Å². The van der Waals surface area contributed by atoms with Crippen LogP contribution in [0.1, 0.15) is 46.5 Å². The number of aliphatic hydroxyl groups is 3. The van der Waals surface area contributed by atoms with Gasteiger partial charge >= 0.3 is 0 Å². The lowest BCUT2D eigenvalue weighted by Gasteiger charge is -2.46. The second-order valence-corrected chi connectivity index (χ2v) is 6.92. The third kappa shape index (κ3) is 2.02. The molecule has 2 fully saturated rings. The average molecular weight is 254 g/mol. The van der Waals surface area contributed by atoms with Crippen molar-refractivity contribution in [3.8, 4) is 0 Å². The quantitative estimate of drug-likeness (QED) is 0.626. The highest BCUT2D eigenvalue weighted by Crippen LogP contribution is 2.58. The van der Waals surface area contributed by atoms with Gasteiger partial charge in [-0.05, 0) is 62.4 Å². The summed E-state index contributed by atoms with van der Waals surface area (Å²) >= 11 is 0. The first-order valence-electron chi connectivity index (χ1n) is 6.96. The van der Waals surface area contributed by atoms with E-state index in [1.807, 2.05) is 13.8 Å². The number of hydrogen-bond donors (Lipinski definition) is 3. The summed E-state index contributed by atoms with van der Waals surface area (Å²) in [5.74, 6) is 0.565. The van der Waals surface area contributed by atoms with E-state index in [1.54, 1.807) is 0 Å². The summed E-state index contributed by atoms with van der Waals surface area (Å²) in [7, 11) is 0. The van der Waals surface area contributed by atoms with Crippen molar-refractivity contribution in [2.75, 3.05) is 0 Å². The third-order valence-electron chi connectivity index (χ3n) is 5.45. The fourth-order valence-corrected chi connectivity index (χ4v) is 3.98. The Morgan fingerprint density at radius 1 is 1.33 bits per heavy atom. The van der Waals surface area contributed by atoms with Crippen molar-refractivity contribution < 1.29 is 15.3 Å². The Hall–Kier alpha value is -0.380. The molecule has 2 rings (SSSR count). The molecule has 0 aromatic rings. The molecule has 0 heterocycles. The molecule has 0 radical (unpaired) electrons. The normalized spacial score (nSPS) is 45.8. The summed E-state index contributed by atoms with van der Waals surface area (Å²) in [6.45, 7) is 9.91. The molecule has 18 heavy (non-hydrogen) atoms. The van der Waals surface area contributed by atoms with E-state index in [2.05, 4.69) is 13.5 Å². The van der Waals surface area contributed by atoms with Gasteiger partial charge in [0.05, 0.1) is 11.7 Å². The molecule has 0 aromatic carbocycles. The topological polar surface area (TPSA) is 60.7 Å². The molecule has 0 aromatic heterocycles. The lowest BCUT2D eigenvalue weighted by atomic mass is 9.61. The Labute approximate surface area is 110 Å². The molecule has 3 nitrogen and oxygen atoms in total. The van der Waals surface area contributed by atoms with Crippen molar-refractivity contribution >= 4 is 0 Å². The van der Waals surface area contributed by atoms with Crippen molar-refractivity contribution in [3.05, 3.63) is 12.2 Å². The molecule has 104 valence electrons. The second-order valence-electron chi connectivity index (χ2n) is 6.92. The zero-order valence-corrected chi connectivity index (χ0v) is 11.7. The predicted molar refractivity (Wildman–Crippen MR) is 71.0 cm³/mol. The Balaban J connectivity index is 2.24. The molecule has 1 spiro atoms. The molecule has 0 bridgehead atoms. The highest BCUT2D eigenvalue weighted by molar-refractivity contribution is 5.24. The van der Waals surface area contributed by atoms with E-state index in [0.717, 1.165) is 24.8 Å². The minimum atomic E-state index is -0.804. The standard InChI is InChI=1S/C15H26O3/c1-9-7-12(16)13(17)10(2)15(9)6-5-11(8-15)14(3,4)18/h9,11-13,16-18H,2,5-8H2,1,3-4H3/t9-,11+,12-,13-,15-/m0/s1. The van der Waals surface area contributed by atoms with Gasteiger partial charge in [-0.25, -0.2) is 0 Å². The Morgan fingerprint density at radius 3 is 2.44 bits per heavy atom. The minimum absolute atomic E-state index is 0.0939. The van der Waals surface area contributed by atoms with Gasteiger partial charge in [-0.2, -0.15) is 0 Å². The maximum Gasteiger partial charge on any atom is 0.101 e. The molecule has 0 aliphatic heterocycles. The molecule has 0 unspecified atom stereocenters. The summed E-state index contributed by atoms with van der Waals surface area (Å²) in [4.78, 5) is 0. The van der Waals surface area contributed by atoms with E-state index in [0.29, 0.717) is 12.3 Å². The van der Waals surface area contributed by atoms with Crippen LogP contribution in [0.25, 0.3) is 0 Å². The van der Waals surface area contributed by atoms with Crippen molar-refractivity contribution in [2.24, 2.45) is 17.3 Å². The van der Waals surface area contributed by atoms with E-state index in [4.69, 9.17) is 0 Å². The lowest BCUT2D eigenvalue weighted by Crippen LogP contribution is -2.46. The highest BCUT2D eigenvalue weighted by Gasteiger charge is 2.53. The smallest absolute Gasteiger partial charge is 0.101 e. The van der Waals surface area contributed by atoms with Crippen LogP contribution in [0.2, 0.25) is 0 Å². The van der Waals surface area contributed by atoms with Crippen molar-refractivity contribution in [3.63, 3.8) is 0 Å². The molecule has 2 aliphatic rings. The van der Waals surface area contributed by atoms with E-state index < -0.39 is 17.8 Å². The van der Waals surface area contributed by atoms with Crippen LogP contribution in [-0.4, -0.2) is 33.1 Å². The largest absolute Gasteiger partial charge is 0.390 e. The molecule has 0 saturated heterocycles. The summed E-state index contributed by atoms with van der Waals surface area (Å²) in [5, 5.41) is 30.1. The zero-order chi connectivity index (χ0) is 13.7. The molecule has 3 heteroatoms. The summed E-state index contributed by atoms with van der Waals surface area (Å²) in [6.07, 6.45) is 1.95. The van der Waals surface area contributed by atoms with Crippen molar-refractivity contribution in [1.29, 1.82) is 0 Å². The van der Waals surface area contributed by atoms with E-state index >= 15 is 0 Å². The number of rotatable bonds is 1. The van der Waals surface area contributed by atoms with E-state index in [-0.39, 0.29) is 11.3 Å². The maximum atomic E-state index is 10.2. The second kappa shape index (κ2) is 4.32. The number of aliphatic hydroxyl groups excluding tert-OH is 2. The van der Waals surface area contributed by atoms with Crippen LogP contribution in [0.15, 0.2) is 12.2 Å². The predicted octanol–water partition coefficient (Wildman–Crippen LogP) is 1.86. The highest BCUT2D eigenvalue weighted by atomic mass is 16.3. The van der Waals surface area contributed by atoms with Gasteiger partial charge in [-0.3, -0.25) is 0 Å². The van der Waals surface area contributed by atoms with Crippen molar-refractivity contribution in [2.45, 2.75) is 64.3 Å². The lowest BCUT2D eigenvalue weighted by molar-refractivity contribution is -0.0393. The Kier molecular flexibility index (Phi) is 3.37. The molecule has 0 amide bonds. The van der Waals surface area contributed by atoms with Gasteiger partial charge in [0.2, 0.25) is 0 Å². The van der Waals surface area contributed by atoms with Crippen LogP contribution in [0.4, 0.5) is 0 Å². The van der Waals surface area contributed by atoms with Crippen LogP contribution < -0.4 is 0 Å². The van der Waals surface area contributed by atoms with Gasteiger partial charge in [0, 0.05) is 0 Å². The van der Waals surface area contributed by atoms with E-state index in [1.165, 1.54) is 0 Å². The van der Waals surface area contributed by atoms with Gasteiger partial charge in [0.25, 0.3) is 0 Å². The van der Waals surface area contributed by atoms with Crippen LogP contribution in [-0.2, 0) is 0 Å². The minimum Gasteiger partial charge on any atom is -0.390 e. The summed E-state index contributed by atoms with van der Waals surface area (Å²) in [5.41, 5.74) is 0.00823. The molecular weight excluding hydrogens is 228 g/mol. The average Bonchev–Trinajstić information content (AvgIpc) is 2.70. The SMILES string of the molecule is C=C1[C@H](O)[C@@H](O)C[C@H](C)[C@@]12CC[C@@H](C(C)(C)O)C2. The summed E-state index contributed by atoms with van der Waals surface area (Å²) in [6, 6.07) is 0. The molecule has 5 atom stereocenters. The first kappa shape index (κ1) is 14.0. The van der Waals surface area contributed by atoms with Crippen molar-refractivity contribution in [1.82, 2.24) is 0 Å². The monoisotopic (exact) mass is 254 g/mol. The van der Waals surface area contributed by atoms with Gasteiger partial charge in [-0.1, -0.05) is 13.5 Å². The maximum absolute atomic E-state index is 10.2. The zero-order valence-electron chi connectivity index (χ0n) is 11.7. The fourth-order valence-electron chi connectivity index (χ4n) is 3.98. The van der Waals surface area contributed by atoms with Gasteiger partial charge in [0.1, 0.15) is 6.10 Å². The Morgan fingerprint density at radius 2 is 1.94 bits per heavy atom. The first-order valence-corrected chi connectivity index (χ1v) is 6.96. The molecule has 2 saturated carbocycles. The molecule has 3 N–H and O–H groups in total. The van der Waals surface area contributed by atoms with Gasteiger partial charge in [0.15, 0.2) is 0 Å². The number of hydrogen-bond acceptors (Lipinski definition) is 3. The third-order valence-corrected chi connectivity index (χ3v) is 5.45. The van der Waals surface area contributed by atoms with Crippen LogP contribution >= 0.6 is 0 Å². The molecular formula is C15H26O3. The fraction of sp³-hybridized carbons (Fsp3) is 0.867.